The maximum atomic E-state index is 7.10. The molecule has 68 heavy (non-hydrogen) atoms. The molecule has 0 spiro atoms. The third kappa shape index (κ3) is 6.06. The summed E-state index contributed by atoms with van der Waals surface area (Å²) in [5.74, 6) is 1.79. The summed E-state index contributed by atoms with van der Waals surface area (Å²) in [4.78, 5) is 15.8. The van der Waals surface area contributed by atoms with E-state index in [2.05, 4.69) is 229 Å². The maximum absolute atomic E-state index is 7.10. The highest BCUT2D eigenvalue weighted by Crippen LogP contribution is 2.45. The average Bonchev–Trinajstić information content (AvgIpc) is 3.96. The molecule has 0 saturated carbocycles. The topological polar surface area (TPSA) is 56.7 Å². The Hall–Kier alpha value is -9.19. The Balaban J connectivity index is 1.03. The van der Waals surface area contributed by atoms with Crippen LogP contribution in [0.15, 0.2) is 235 Å². The molecule has 0 aliphatic carbocycles. The zero-order valence-electron chi connectivity index (χ0n) is 36.6. The lowest BCUT2D eigenvalue weighted by Gasteiger charge is -2.12. The minimum atomic E-state index is 0.578. The zero-order valence-corrected chi connectivity index (χ0v) is 36.6. The van der Waals surface area contributed by atoms with Gasteiger partial charge in [0.2, 0.25) is 0 Å². The summed E-state index contributed by atoms with van der Waals surface area (Å²) in [6.45, 7) is 0. The quantitative estimate of drug-likeness (QED) is 0.167. The maximum Gasteiger partial charge on any atom is 0.164 e. The van der Waals surface area contributed by atoms with E-state index in [0.29, 0.717) is 17.5 Å². The summed E-state index contributed by atoms with van der Waals surface area (Å²) >= 11 is 0. The van der Waals surface area contributed by atoms with E-state index in [1.54, 1.807) is 0 Å². The molecule has 0 atom stereocenters. The molecule has 0 amide bonds. The molecule has 0 aliphatic rings. The van der Waals surface area contributed by atoms with Gasteiger partial charge in [-0.05, 0) is 97.0 Å². The van der Waals surface area contributed by atoms with Crippen molar-refractivity contribution in [2.75, 3.05) is 0 Å². The number of fused-ring (bicyclic) bond motifs is 10. The number of para-hydroxylation sites is 1. The van der Waals surface area contributed by atoms with Crippen LogP contribution in [0.2, 0.25) is 0 Å². The molecule has 0 N–H and O–H groups in total. The molecule has 0 radical (unpaired) electrons. The highest BCUT2D eigenvalue weighted by Gasteiger charge is 2.24. The van der Waals surface area contributed by atoms with E-state index in [1.165, 1.54) is 43.8 Å². The number of nitrogens with zero attached hydrogens (tertiary/aromatic N) is 4. The summed E-state index contributed by atoms with van der Waals surface area (Å²) in [6.07, 6.45) is 0. The van der Waals surface area contributed by atoms with Crippen molar-refractivity contribution >= 4 is 76.1 Å². The first-order valence-electron chi connectivity index (χ1n) is 23.0. The molecule has 5 nitrogen and oxygen atoms in total. The van der Waals surface area contributed by atoms with Gasteiger partial charge in [0.1, 0.15) is 5.58 Å². The second kappa shape index (κ2) is 15.2. The van der Waals surface area contributed by atoms with Gasteiger partial charge in [0.25, 0.3) is 0 Å². The van der Waals surface area contributed by atoms with E-state index >= 15 is 0 Å². The summed E-state index contributed by atoms with van der Waals surface area (Å²) in [6, 6.07) is 81.7. The lowest BCUT2D eigenvalue weighted by molar-refractivity contribution is 0.666. The van der Waals surface area contributed by atoms with E-state index in [-0.39, 0.29) is 0 Å². The van der Waals surface area contributed by atoms with Crippen molar-refractivity contribution in [3.05, 3.63) is 231 Å². The molecule has 3 heterocycles. The Bertz CT molecular complexity index is 4220. The molecule has 11 aromatic carbocycles. The van der Waals surface area contributed by atoms with Gasteiger partial charge in [-0.1, -0.05) is 188 Å². The van der Waals surface area contributed by atoms with E-state index in [9.17, 15) is 0 Å². The molecule has 0 saturated heterocycles. The minimum Gasteiger partial charge on any atom is -0.454 e. The number of rotatable bonds is 6. The molecule has 0 aliphatic heterocycles. The molecule has 316 valence electrons. The van der Waals surface area contributed by atoms with Crippen LogP contribution in [-0.2, 0) is 0 Å². The Morgan fingerprint density at radius 1 is 0.309 bits per heavy atom. The zero-order chi connectivity index (χ0) is 44.7. The monoisotopic (exact) mass is 866 g/mol. The number of benzene rings is 11. The fraction of sp³-hybridized carbons (Fsp3) is 0. The average molecular weight is 867 g/mol. The van der Waals surface area contributed by atoms with Gasteiger partial charge in [-0.3, -0.25) is 0 Å². The molecule has 0 unspecified atom stereocenters. The van der Waals surface area contributed by atoms with Crippen molar-refractivity contribution in [3.63, 3.8) is 0 Å². The van der Waals surface area contributed by atoms with Crippen LogP contribution in [0.3, 0.4) is 0 Å². The van der Waals surface area contributed by atoms with E-state index in [0.717, 1.165) is 76.9 Å². The van der Waals surface area contributed by atoms with Crippen LogP contribution < -0.4 is 0 Å². The molecule has 14 rings (SSSR count). The molecular weight excluding hydrogens is 829 g/mol. The number of furan rings is 1. The Kier molecular flexibility index (Phi) is 8.52. The van der Waals surface area contributed by atoms with Crippen molar-refractivity contribution < 1.29 is 4.42 Å². The lowest BCUT2D eigenvalue weighted by atomic mass is 9.94. The Labute approximate surface area is 390 Å². The van der Waals surface area contributed by atoms with Gasteiger partial charge in [0.15, 0.2) is 23.1 Å². The largest absolute Gasteiger partial charge is 0.454 e. The summed E-state index contributed by atoms with van der Waals surface area (Å²) in [5.41, 5.74) is 12.1. The van der Waals surface area contributed by atoms with Crippen molar-refractivity contribution in [3.8, 4) is 62.1 Å². The van der Waals surface area contributed by atoms with Gasteiger partial charge in [0, 0.05) is 38.2 Å². The van der Waals surface area contributed by atoms with Gasteiger partial charge in [0.05, 0.1) is 16.7 Å². The molecule has 14 aromatic rings. The van der Waals surface area contributed by atoms with Gasteiger partial charge < -0.3 is 8.98 Å². The number of hydrogen-bond acceptors (Lipinski definition) is 4. The third-order valence-electron chi connectivity index (χ3n) is 13.6. The van der Waals surface area contributed by atoms with Crippen LogP contribution in [-0.4, -0.2) is 19.5 Å². The first-order chi connectivity index (χ1) is 33.7. The van der Waals surface area contributed by atoms with Gasteiger partial charge >= 0.3 is 0 Å². The predicted molar refractivity (Wildman–Crippen MR) is 281 cm³/mol. The molecule has 0 fully saturated rings. The van der Waals surface area contributed by atoms with Gasteiger partial charge in [-0.15, -0.1) is 0 Å². The van der Waals surface area contributed by atoms with Crippen LogP contribution in [0.5, 0.6) is 0 Å². The van der Waals surface area contributed by atoms with Crippen LogP contribution in [0.25, 0.3) is 138 Å². The summed E-state index contributed by atoms with van der Waals surface area (Å²) in [5, 5.41) is 11.3. The summed E-state index contributed by atoms with van der Waals surface area (Å²) in [7, 11) is 0. The third-order valence-corrected chi connectivity index (χ3v) is 13.6. The van der Waals surface area contributed by atoms with Gasteiger partial charge in [-0.25, -0.2) is 15.0 Å². The SMILES string of the molecule is c1ccc(-c2ccc3c(c2)c2c4ccccc4c(-c4ccccc4)cc2n3-c2cccc3c2oc2cccc(-c4nc(-c5ccc6ccccc6c5)nc(-c5ccc6ccccc6c5)n4)c23)cc1. The minimum absolute atomic E-state index is 0.578. The van der Waals surface area contributed by atoms with Crippen LogP contribution in [0, 0.1) is 0 Å². The molecule has 5 heteroatoms. The van der Waals surface area contributed by atoms with E-state index < -0.39 is 0 Å². The fourth-order valence-corrected chi connectivity index (χ4v) is 10.4. The second-order valence-corrected chi connectivity index (χ2v) is 17.5. The highest BCUT2D eigenvalue weighted by atomic mass is 16.3. The van der Waals surface area contributed by atoms with Gasteiger partial charge in [-0.2, -0.15) is 0 Å². The van der Waals surface area contributed by atoms with Crippen molar-refractivity contribution in [1.82, 2.24) is 19.5 Å². The van der Waals surface area contributed by atoms with E-state index in [4.69, 9.17) is 19.4 Å². The first-order valence-corrected chi connectivity index (χ1v) is 23.0. The Morgan fingerprint density at radius 3 is 1.59 bits per heavy atom. The van der Waals surface area contributed by atoms with E-state index in [1.807, 2.05) is 6.07 Å². The van der Waals surface area contributed by atoms with Crippen molar-refractivity contribution in [2.45, 2.75) is 0 Å². The Morgan fingerprint density at radius 2 is 0.882 bits per heavy atom. The first kappa shape index (κ1) is 38.1. The highest BCUT2D eigenvalue weighted by molar-refractivity contribution is 6.25. The second-order valence-electron chi connectivity index (χ2n) is 17.5. The standard InChI is InChI=1S/C63H38N4O/c1-3-15-39(16-4-1)45-33-34-54-53(37-45)58-49-24-12-11-23-48(49)52(42-19-5-2-6-20-42)38-56(58)67(54)55-27-13-25-50-59-51(26-14-28-57(59)68-60(50)55)63-65-61(46-31-29-40-17-7-9-21-43(40)35-46)64-62(66-63)47-32-30-41-18-8-10-22-44(41)36-47/h1-38H. The van der Waals surface area contributed by atoms with Crippen LogP contribution in [0.4, 0.5) is 0 Å². The normalized spacial score (nSPS) is 11.8. The smallest absolute Gasteiger partial charge is 0.164 e. The number of hydrogen-bond donors (Lipinski definition) is 0. The lowest BCUT2D eigenvalue weighted by Crippen LogP contribution is -2.00. The summed E-state index contributed by atoms with van der Waals surface area (Å²) < 4.78 is 9.50. The molecule has 0 bridgehead atoms. The predicted octanol–water partition coefficient (Wildman–Crippen LogP) is 16.7. The number of aromatic nitrogens is 4. The fourth-order valence-electron chi connectivity index (χ4n) is 10.4. The van der Waals surface area contributed by atoms with Crippen LogP contribution >= 0.6 is 0 Å². The van der Waals surface area contributed by atoms with Crippen LogP contribution in [0.1, 0.15) is 0 Å². The molecule has 3 aromatic heterocycles. The van der Waals surface area contributed by atoms with Crippen molar-refractivity contribution in [2.24, 2.45) is 0 Å². The molecular formula is C63H38N4O. The van der Waals surface area contributed by atoms with Crippen molar-refractivity contribution in [1.29, 1.82) is 0 Å².